The first kappa shape index (κ1) is 8.11. The zero-order valence-corrected chi connectivity index (χ0v) is 6.73. The van der Waals surface area contributed by atoms with Crippen molar-refractivity contribution in [3.63, 3.8) is 0 Å². The van der Waals surface area contributed by atoms with Gasteiger partial charge in [-0.2, -0.15) is 0 Å². The first-order chi connectivity index (χ1) is 4.93. The standard InChI is InChI=1S/C7H12O2S/c1-2-10-4-3-8-5-7-6-9-7/h2,7H,1,3-6H2. The third-order valence-corrected chi connectivity index (χ3v) is 1.81. The van der Waals surface area contributed by atoms with Gasteiger partial charge in [-0.25, -0.2) is 0 Å². The zero-order valence-electron chi connectivity index (χ0n) is 5.91. The molecule has 0 N–H and O–H groups in total. The molecule has 0 bridgehead atoms. The van der Waals surface area contributed by atoms with Crippen molar-refractivity contribution in [2.45, 2.75) is 6.10 Å². The Morgan fingerprint density at radius 2 is 2.60 bits per heavy atom. The molecule has 58 valence electrons. The van der Waals surface area contributed by atoms with Crippen LogP contribution < -0.4 is 0 Å². The fourth-order valence-electron chi connectivity index (χ4n) is 0.569. The summed E-state index contributed by atoms with van der Waals surface area (Å²) in [5, 5.41) is 1.83. The number of ether oxygens (including phenoxy) is 2. The van der Waals surface area contributed by atoms with Crippen LogP contribution in [0.4, 0.5) is 0 Å². The van der Waals surface area contributed by atoms with Crippen molar-refractivity contribution < 1.29 is 9.47 Å². The van der Waals surface area contributed by atoms with E-state index in [1.165, 1.54) is 0 Å². The molecule has 10 heavy (non-hydrogen) atoms. The quantitative estimate of drug-likeness (QED) is 0.431. The maximum absolute atomic E-state index is 5.27. The van der Waals surface area contributed by atoms with Crippen molar-refractivity contribution >= 4 is 11.8 Å². The van der Waals surface area contributed by atoms with Gasteiger partial charge in [0.2, 0.25) is 0 Å². The number of hydrogen-bond donors (Lipinski definition) is 0. The maximum atomic E-state index is 5.27. The Morgan fingerprint density at radius 3 is 3.20 bits per heavy atom. The Morgan fingerprint density at radius 1 is 1.80 bits per heavy atom. The van der Waals surface area contributed by atoms with Crippen LogP contribution in [-0.4, -0.2) is 31.7 Å². The lowest BCUT2D eigenvalue weighted by Crippen LogP contribution is -2.03. The average Bonchev–Trinajstić information content (AvgIpc) is 2.71. The zero-order chi connectivity index (χ0) is 7.23. The van der Waals surface area contributed by atoms with E-state index in [0.29, 0.717) is 6.10 Å². The second kappa shape index (κ2) is 4.77. The molecule has 1 unspecified atom stereocenters. The summed E-state index contributed by atoms with van der Waals surface area (Å²) in [5.74, 6) is 0.996. The number of rotatable bonds is 6. The Kier molecular flexibility index (Phi) is 3.87. The molecule has 0 amide bonds. The fraction of sp³-hybridized carbons (Fsp3) is 0.714. The molecule has 1 aliphatic heterocycles. The molecule has 0 aromatic heterocycles. The minimum atomic E-state index is 0.397. The van der Waals surface area contributed by atoms with Crippen molar-refractivity contribution in [2.24, 2.45) is 0 Å². The SMILES string of the molecule is C=CSCCOCC1CO1. The molecule has 0 radical (unpaired) electrons. The summed E-state index contributed by atoms with van der Waals surface area (Å²) in [6.07, 6.45) is 0.397. The average molecular weight is 160 g/mol. The second-order valence-electron chi connectivity index (χ2n) is 2.07. The van der Waals surface area contributed by atoms with Crippen molar-refractivity contribution in [1.29, 1.82) is 0 Å². The molecule has 0 aromatic carbocycles. The molecule has 1 aliphatic rings. The predicted molar refractivity (Wildman–Crippen MR) is 43.2 cm³/mol. The molecular weight excluding hydrogens is 148 g/mol. The fourth-order valence-corrected chi connectivity index (χ4v) is 0.950. The monoisotopic (exact) mass is 160 g/mol. The van der Waals surface area contributed by atoms with E-state index in [4.69, 9.17) is 9.47 Å². The topological polar surface area (TPSA) is 21.8 Å². The van der Waals surface area contributed by atoms with Gasteiger partial charge >= 0.3 is 0 Å². The third kappa shape index (κ3) is 3.93. The first-order valence-electron chi connectivity index (χ1n) is 3.35. The predicted octanol–water partition coefficient (Wildman–Crippen LogP) is 1.28. The van der Waals surface area contributed by atoms with Crippen LogP contribution in [0.25, 0.3) is 0 Å². The van der Waals surface area contributed by atoms with Crippen molar-refractivity contribution in [3.05, 3.63) is 12.0 Å². The third-order valence-electron chi connectivity index (χ3n) is 1.17. The van der Waals surface area contributed by atoms with Crippen LogP contribution in [0.2, 0.25) is 0 Å². The number of epoxide rings is 1. The highest BCUT2D eigenvalue weighted by atomic mass is 32.2. The summed E-state index contributed by atoms with van der Waals surface area (Å²) in [5.41, 5.74) is 0. The van der Waals surface area contributed by atoms with E-state index in [1.54, 1.807) is 11.8 Å². The van der Waals surface area contributed by atoms with Crippen molar-refractivity contribution in [2.75, 3.05) is 25.6 Å². The summed E-state index contributed by atoms with van der Waals surface area (Å²) >= 11 is 1.68. The molecule has 0 aliphatic carbocycles. The Hall–Kier alpha value is 0.01000. The van der Waals surface area contributed by atoms with Gasteiger partial charge in [0, 0.05) is 5.75 Å². The molecule has 1 atom stereocenters. The Labute approximate surface area is 65.6 Å². The summed E-state index contributed by atoms with van der Waals surface area (Å²) in [6, 6.07) is 0. The molecule has 1 saturated heterocycles. The van der Waals surface area contributed by atoms with Gasteiger partial charge in [0.25, 0.3) is 0 Å². The van der Waals surface area contributed by atoms with Crippen LogP contribution in [0.5, 0.6) is 0 Å². The van der Waals surface area contributed by atoms with Crippen LogP contribution in [0.3, 0.4) is 0 Å². The van der Waals surface area contributed by atoms with Crippen LogP contribution in [0.1, 0.15) is 0 Å². The molecule has 1 rings (SSSR count). The van der Waals surface area contributed by atoms with Gasteiger partial charge in [-0.1, -0.05) is 6.58 Å². The highest BCUT2D eigenvalue weighted by molar-refractivity contribution is 8.02. The minimum Gasteiger partial charge on any atom is -0.378 e. The molecule has 0 saturated carbocycles. The summed E-state index contributed by atoms with van der Waals surface area (Å²) in [6.45, 7) is 6.04. The van der Waals surface area contributed by atoms with Gasteiger partial charge < -0.3 is 9.47 Å². The van der Waals surface area contributed by atoms with Crippen LogP contribution >= 0.6 is 11.8 Å². The normalized spacial score (nSPS) is 22.6. The summed E-state index contributed by atoms with van der Waals surface area (Å²) in [7, 11) is 0. The molecule has 0 aromatic rings. The first-order valence-corrected chi connectivity index (χ1v) is 4.40. The largest absolute Gasteiger partial charge is 0.378 e. The van der Waals surface area contributed by atoms with E-state index >= 15 is 0 Å². The Bertz CT molecular complexity index is 102. The van der Waals surface area contributed by atoms with Gasteiger partial charge in [0.1, 0.15) is 6.10 Å². The van der Waals surface area contributed by atoms with Gasteiger partial charge in [0.05, 0.1) is 19.8 Å². The lowest BCUT2D eigenvalue weighted by molar-refractivity contribution is 0.130. The molecular formula is C7H12O2S. The lowest BCUT2D eigenvalue weighted by atomic mass is 10.5. The summed E-state index contributed by atoms with van der Waals surface area (Å²) in [4.78, 5) is 0. The lowest BCUT2D eigenvalue weighted by Gasteiger charge is -1.97. The van der Waals surface area contributed by atoms with E-state index in [2.05, 4.69) is 6.58 Å². The van der Waals surface area contributed by atoms with Gasteiger partial charge in [0.15, 0.2) is 0 Å². The second-order valence-corrected chi connectivity index (χ2v) is 3.14. The highest BCUT2D eigenvalue weighted by Crippen LogP contribution is 2.08. The molecule has 1 fully saturated rings. The smallest absolute Gasteiger partial charge is 0.104 e. The number of hydrogen-bond acceptors (Lipinski definition) is 3. The van der Waals surface area contributed by atoms with E-state index < -0.39 is 0 Å². The van der Waals surface area contributed by atoms with Gasteiger partial charge in [-0.3, -0.25) is 0 Å². The van der Waals surface area contributed by atoms with E-state index in [0.717, 1.165) is 25.6 Å². The van der Waals surface area contributed by atoms with Crippen LogP contribution in [0.15, 0.2) is 12.0 Å². The van der Waals surface area contributed by atoms with Crippen LogP contribution in [0, 0.1) is 0 Å². The molecule has 1 heterocycles. The molecule has 0 spiro atoms. The number of thioether (sulfide) groups is 1. The molecule has 3 heteroatoms. The minimum absolute atomic E-state index is 0.397. The van der Waals surface area contributed by atoms with Gasteiger partial charge in [-0.15, -0.1) is 11.8 Å². The molecule has 2 nitrogen and oxygen atoms in total. The summed E-state index contributed by atoms with van der Waals surface area (Å²) < 4.78 is 10.2. The van der Waals surface area contributed by atoms with Crippen molar-refractivity contribution in [1.82, 2.24) is 0 Å². The Balaban J connectivity index is 1.72. The van der Waals surface area contributed by atoms with E-state index in [1.807, 2.05) is 5.41 Å². The maximum Gasteiger partial charge on any atom is 0.104 e. The van der Waals surface area contributed by atoms with Crippen molar-refractivity contribution in [3.8, 4) is 0 Å². The van der Waals surface area contributed by atoms with Gasteiger partial charge in [-0.05, 0) is 5.41 Å². The highest BCUT2D eigenvalue weighted by Gasteiger charge is 2.21. The van der Waals surface area contributed by atoms with E-state index in [9.17, 15) is 0 Å². The van der Waals surface area contributed by atoms with E-state index in [-0.39, 0.29) is 0 Å². The van der Waals surface area contributed by atoms with Crippen LogP contribution in [-0.2, 0) is 9.47 Å².